The predicted octanol–water partition coefficient (Wildman–Crippen LogP) is 1.21. The number of hydrogen-bond acceptors (Lipinski definition) is 5. The van der Waals surface area contributed by atoms with E-state index < -0.39 is 14.8 Å². The summed E-state index contributed by atoms with van der Waals surface area (Å²) >= 11 is 0. The number of carbonyl (C=O) groups is 1. The minimum absolute atomic E-state index is 0.115. The standard InChI is InChI=1S/C9H20O5Si/c1-5-11-9(10)8-14-15(4,12-6-2)13-7-3/h5-8H2,1-4H3. The molecule has 0 fully saturated rings. The van der Waals surface area contributed by atoms with Crippen molar-refractivity contribution in [2.75, 3.05) is 26.4 Å². The van der Waals surface area contributed by atoms with E-state index in [1.807, 2.05) is 13.8 Å². The van der Waals surface area contributed by atoms with Gasteiger partial charge in [0.15, 0.2) is 0 Å². The third-order valence-electron chi connectivity index (χ3n) is 1.57. The SMILES string of the molecule is CCOC(=O)CO[Si](C)(OCC)OCC. The van der Waals surface area contributed by atoms with Crippen LogP contribution in [0.4, 0.5) is 0 Å². The van der Waals surface area contributed by atoms with Crippen LogP contribution in [0, 0.1) is 0 Å². The Bertz CT molecular complexity index is 179. The van der Waals surface area contributed by atoms with Crippen LogP contribution in [-0.2, 0) is 22.8 Å². The fraction of sp³-hybridized carbons (Fsp3) is 0.889. The molecule has 0 rings (SSSR count). The molecule has 0 aliphatic carbocycles. The van der Waals surface area contributed by atoms with Crippen LogP contribution in [0.15, 0.2) is 0 Å². The van der Waals surface area contributed by atoms with Crippen molar-refractivity contribution in [3.8, 4) is 0 Å². The van der Waals surface area contributed by atoms with Crippen molar-refractivity contribution in [2.45, 2.75) is 27.3 Å². The largest absolute Gasteiger partial charge is 0.498 e. The molecule has 0 saturated carbocycles. The summed E-state index contributed by atoms with van der Waals surface area (Å²) in [5, 5.41) is 0. The summed E-state index contributed by atoms with van der Waals surface area (Å²) in [6, 6.07) is 0. The molecule has 0 aliphatic rings. The van der Waals surface area contributed by atoms with Crippen molar-refractivity contribution >= 4 is 14.8 Å². The highest BCUT2D eigenvalue weighted by molar-refractivity contribution is 6.59. The van der Waals surface area contributed by atoms with Crippen LogP contribution in [0.2, 0.25) is 6.55 Å². The van der Waals surface area contributed by atoms with Crippen LogP contribution < -0.4 is 0 Å². The fourth-order valence-electron chi connectivity index (χ4n) is 1.04. The van der Waals surface area contributed by atoms with Crippen LogP contribution in [0.5, 0.6) is 0 Å². The van der Waals surface area contributed by atoms with Gasteiger partial charge >= 0.3 is 14.8 Å². The molecule has 0 bridgehead atoms. The minimum Gasteiger partial charge on any atom is -0.464 e. The monoisotopic (exact) mass is 236 g/mol. The molecule has 0 heterocycles. The summed E-state index contributed by atoms with van der Waals surface area (Å²) in [6.45, 7) is 8.48. The van der Waals surface area contributed by atoms with Crippen molar-refractivity contribution < 1.29 is 22.8 Å². The van der Waals surface area contributed by atoms with Crippen molar-refractivity contribution in [3.05, 3.63) is 0 Å². The summed E-state index contributed by atoms with van der Waals surface area (Å²) in [5.74, 6) is -0.393. The number of carbonyl (C=O) groups excluding carboxylic acids is 1. The quantitative estimate of drug-likeness (QED) is 0.468. The Balaban J connectivity index is 3.99. The van der Waals surface area contributed by atoms with E-state index in [0.717, 1.165) is 0 Å². The van der Waals surface area contributed by atoms with Crippen LogP contribution in [0.3, 0.4) is 0 Å². The maximum absolute atomic E-state index is 11.1. The molecule has 0 radical (unpaired) electrons. The van der Waals surface area contributed by atoms with E-state index in [2.05, 4.69) is 0 Å². The lowest BCUT2D eigenvalue weighted by atomic mass is 10.7. The predicted molar refractivity (Wildman–Crippen MR) is 57.5 cm³/mol. The molecule has 0 aromatic rings. The van der Waals surface area contributed by atoms with Gasteiger partial charge in [-0.15, -0.1) is 0 Å². The van der Waals surface area contributed by atoms with Gasteiger partial charge in [0.25, 0.3) is 0 Å². The smallest absolute Gasteiger partial charge is 0.464 e. The summed E-state index contributed by atoms with van der Waals surface area (Å²) in [5.41, 5.74) is 0. The van der Waals surface area contributed by atoms with Gasteiger partial charge in [0.2, 0.25) is 0 Å². The number of ether oxygens (including phenoxy) is 1. The molecule has 0 saturated heterocycles. The fourth-order valence-corrected chi connectivity index (χ4v) is 2.72. The number of rotatable bonds is 8. The molecule has 6 heteroatoms. The Labute approximate surface area is 92.0 Å². The first kappa shape index (κ1) is 14.6. The van der Waals surface area contributed by atoms with Gasteiger partial charge in [-0.2, -0.15) is 0 Å². The van der Waals surface area contributed by atoms with E-state index >= 15 is 0 Å². The maximum atomic E-state index is 11.1. The van der Waals surface area contributed by atoms with Gasteiger partial charge in [-0.25, -0.2) is 4.79 Å². The summed E-state index contributed by atoms with van der Waals surface area (Å²) in [6.07, 6.45) is 0. The van der Waals surface area contributed by atoms with E-state index in [4.69, 9.17) is 18.0 Å². The normalized spacial score (nSPS) is 11.5. The number of esters is 1. The van der Waals surface area contributed by atoms with E-state index in [-0.39, 0.29) is 6.61 Å². The van der Waals surface area contributed by atoms with Gasteiger partial charge in [-0.1, -0.05) is 0 Å². The molecule has 5 nitrogen and oxygen atoms in total. The van der Waals surface area contributed by atoms with Gasteiger partial charge in [0.1, 0.15) is 6.61 Å². The van der Waals surface area contributed by atoms with E-state index in [1.54, 1.807) is 13.5 Å². The second-order valence-corrected chi connectivity index (χ2v) is 5.41. The zero-order valence-corrected chi connectivity index (χ0v) is 10.9. The first-order valence-electron chi connectivity index (χ1n) is 5.15. The second kappa shape index (κ2) is 7.81. The van der Waals surface area contributed by atoms with E-state index in [1.165, 1.54) is 0 Å². The third-order valence-corrected chi connectivity index (χ3v) is 3.87. The Morgan fingerprint density at radius 1 is 1.00 bits per heavy atom. The summed E-state index contributed by atoms with van der Waals surface area (Å²) in [7, 11) is -2.64. The molecular weight excluding hydrogens is 216 g/mol. The first-order chi connectivity index (χ1) is 7.08. The maximum Gasteiger partial charge on any atom is 0.498 e. The lowest BCUT2D eigenvalue weighted by molar-refractivity contribution is -0.147. The molecule has 0 aliphatic heterocycles. The van der Waals surface area contributed by atoms with Gasteiger partial charge < -0.3 is 18.0 Å². The zero-order chi connectivity index (χ0) is 11.7. The lowest BCUT2D eigenvalue weighted by Gasteiger charge is -2.24. The Morgan fingerprint density at radius 3 is 1.93 bits per heavy atom. The molecule has 0 aromatic carbocycles. The van der Waals surface area contributed by atoms with Crippen molar-refractivity contribution in [3.63, 3.8) is 0 Å². The van der Waals surface area contributed by atoms with Crippen LogP contribution in [0.25, 0.3) is 0 Å². The van der Waals surface area contributed by atoms with Crippen LogP contribution in [0.1, 0.15) is 20.8 Å². The van der Waals surface area contributed by atoms with Gasteiger partial charge in [-0.3, -0.25) is 0 Å². The molecule has 0 spiro atoms. The van der Waals surface area contributed by atoms with E-state index in [0.29, 0.717) is 19.8 Å². The molecule has 15 heavy (non-hydrogen) atoms. The molecule has 0 unspecified atom stereocenters. The molecule has 0 aromatic heterocycles. The van der Waals surface area contributed by atoms with Gasteiger partial charge in [0.05, 0.1) is 6.61 Å². The van der Waals surface area contributed by atoms with Gasteiger partial charge in [-0.05, 0) is 20.8 Å². The number of hydrogen-bond donors (Lipinski definition) is 0. The highest BCUT2D eigenvalue weighted by atomic mass is 28.4. The Morgan fingerprint density at radius 2 is 1.53 bits per heavy atom. The van der Waals surface area contributed by atoms with Crippen molar-refractivity contribution in [1.29, 1.82) is 0 Å². The van der Waals surface area contributed by atoms with Crippen molar-refractivity contribution in [2.24, 2.45) is 0 Å². The average molecular weight is 236 g/mol. The van der Waals surface area contributed by atoms with Crippen LogP contribution in [-0.4, -0.2) is 41.2 Å². The first-order valence-corrected chi connectivity index (χ1v) is 7.37. The highest BCUT2D eigenvalue weighted by Gasteiger charge is 2.34. The Kier molecular flexibility index (Phi) is 7.58. The lowest BCUT2D eigenvalue weighted by Crippen LogP contribution is -2.44. The molecule has 90 valence electrons. The second-order valence-electron chi connectivity index (χ2n) is 2.82. The van der Waals surface area contributed by atoms with E-state index in [9.17, 15) is 4.79 Å². The average Bonchev–Trinajstić information content (AvgIpc) is 2.16. The third kappa shape index (κ3) is 6.61. The van der Waals surface area contributed by atoms with Crippen molar-refractivity contribution in [1.82, 2.24) is 0 Å². The molecule has 0 N–H and O–H groups in total. The topological polar surface area (TPSA) is 54.0 Å². The minimum atomic E-state index is -2.64. The zero-order valence-electron chi connectivity index (χ0n) is 9.87. The summed E-state index contributed by atoms with van der Waals surface area (Å²) < 4.78 is 20.9. The Hall–Kier alpha value is -0.433. The van der Waals surface area contributed by atoms with Gasteiger partial charge in [0, 0.05) is 19.8 Å². The highest BCUT2D eigenvalue weighted by Crippen LogP contribution is 2.08. The molecule has 0 amide bonds. The summed E-state index contributed by atoms with van der Waals surface area (Å²) in [4.78, 5) is 11.1. The molecule has 0 atom stereocenters. The molecular formula is C9H20O5Si. The van der Waals surface area contributed by atoms with Crippen LogP contribution >= 0.6 is 0 Å².